The van der Waals surface area contributed by atoms with Gasteiger partial charge in [0.15, 0.2) is 0 Å². The van der Waals surface area contributed by atoms with Crippen LogP contribution in [0.1, 0.15) is 11.1 Å². The molecule has 1 heteroatoms. The second kappa shape index (κ2) is 4.95. The molecule has 0 aliphatic carbocycles. The predicted octanol–water partition coefficient (Wildman–Crippen LogP) is 5.49. The lowest BCUT2D eigenvalue weighted by Crippen LogP contribution is -1.76. The highest BCUT2D eigenvalue weighted by Crippen LogP contribution is 2.29. The van der Waals surface area contributed by atoms with Gasteiger partial charge in [-0.25, -0.2) is 0 Å². The molecule has 100 valence electrons. The van der Waals surface area contributed by atoms with Crippen molar-refractivity contribution in [2.24, 2.45) is 0 Å². The summed E-state index contributed by atoms with van der Waals surface area (Å²) in [5, 5.41) is 3.86. The minimum atomic E-state index is 1.18. The van der Waals surface area contributed by atoms with Gasteiger partial charge < -0.3 is 4.98 Å². The third-order valence-corrected chi connectivity index (χ3v) is 3.86. The highest BCUT2D eigenvalue weighted by molar-refractivity contribution is 6.10. The molecular formula is C20H15N. The van der Waals surface area contributed by atoms with Gasteiger partial charge in [-0.15, -0.1) is 0 Å². The lowest BCUT2D eigenvalue weighted by molar-refractivity contribution is 1.47. The number of fused-ring (bicyclic) bond motifs is 3. The van der Waals surface area contributed by atoms with Crippen molar-refractivity contribution >= 4 is 33.8 Å². The van der Waals surface area contributed by atoms with E-state index in [1.807, 2.05) is 6.07 Å². The van der Waals surface area contributed by atoms with E-state index in [-0.39, 0.29) is 0 Å². The Bertz CT molecular complexity index is 930. The zero-order valence-corrected chi connectivity index (χ0v) is 11.6. The zero-order chi connectivity index (χ0) is 14.1. The maximum Gasteiger partial charge on any atom is 0.0466 e. The smallest absolute Gasteiger partial charge is 0.0466 e. The summed E-state index contributed by atoms with van der Waals surface area (Å²) >= 11 is 0. The molecule has 0 atom stereocenters. The van der Waals surface area contributed by atoms with Gasteiger partial charge in [0.2, 0.25) is 0 Å². The number of hydrogen-bond acceptors (Lipinski definition) is 0. The summed E-state index contributed by atoms with van der Waals surface area (Å²) < 4.78 is 0. The van der Waals surface area contributed by atoms with E-state index in [4.69, 9.17) is 0 Å². The fraction of sp³-hybridized carbons (Fsp3) is 0. The molecule has 21 heavy (non-hydrogen) atoms. The average Bonchev–Trinajstić information content (AvgIpc) is 2.97. The van der Waals surface area contributed by atoms with Crippen molar-refractivity contribution in [2.75, 3.05) is 0 Å². The van der Waals surface area contributed by atoms with E-state index in [0.717, 1.165) is 0 Å². The van der Waals surface area contributed by atoms with Crippen LogP contribution in [0.25, 0.3) is 33.8 Å². The molecule has 0 radical (unpaired) electrons. The monoisotopic (exact) mass is 269 g/mol. The minimum Gasteiger partial charge on any atom is -0.361 e. The Morgan fingerprint density at radius 1 is 0.714 bits per heavy atom. The molecule has 4 rings (SSSR count). The summed E-state index contributed by atoms with van der Waals surface area (Å²) in [5.74, 6) is 0. The number of H-pyrrole nitrogens is 1. The van der Waals surface area contributed by atoms with Crippen LogP contribution in [0.5, 0.6) is 0 Å². The molecule has 1 aromatic heterocycles. The first-order chi connectivity index (χ1) is 10.4. The van der Waals surface area contributed by atoms with Gasteiger partial charge in [0.1, 0.15) is 0 Å². The van der Waals surface area contributed by atoms with Crippen LogP contribution in [0.3, 0.4) is 0 Å². The maximum absolute atomic E-state index is 3.37. The van der Waals surface area contributed by atoms with Gasteiger partial charge in [0.25, 0.3) is 0 Å². The molecule has 1 nitrogen and oxygen atoms in total. The highest BCUT2D eigenvalue weighted by atomic mass is 14.7. The van der Waals surface area contributed by atoms with E-state index in [9.17, 15) is 0 Å². The third kappa shape index (κ3) is 2.13. The second-order valence-electron chi connectivity index (χ2n) is 5.20. The lowest BCUT2D eigenvalue weighted by Gasteiger charge is -2.00. The van der Waals surface area contributed by atoms with Crippen LogP contribution in [0.4, 0.5) is 0 Å². The molecule has 0 aliphatic heterocycles. The third-order valence-electron chi connectivity index (χ3n) is 3.86. The van der Waals surface area contributed by atoms with E-state index in [1.165, 1.54) is 32.8 Å². The van der Waals surface area contributed by atoms with E-state index in [0.29, 0.717) is 0 Å². The topological polar surface area (TPSA) is 15.8 Å². The standard InChI is InChI=1S/C20H15N/c1-2-6-15(7-3-1)10-11-17-14-21-19-13-12-16-8-4-5-9-18(16)20(17)19/h1-14,21H. The molecular weight excluding hydrogens is 254 g/mol. The Labute approximate surface area is 123 Å². The molecule has 0 unspecified atom stereocenters. The van der Waals surface area contributed by atoms with Crippen LogP contribution in [0, 0.1) is 0 Å². The van der Waals surface area contributed by atoms with Crippen LogP contribution in [-0.4, -0.2) is 4.98 Å². The number of rotatable bonds is 2. The van der Waals surface area contributed by atoms with Gasteiger partial charge in [-0.2, -0.15) is 0 Å². The summed E-state index contributed by atoms with van der Waals surface area (Å²) in [6.45, 7) is 0. The fourth-order valence-corrected chi connectivity index (χ4v) is 2.81. The predicted molar refractivity (Wildman–Crippen MR) is 91.2 cm³/mol. The van der Waals surface area contributed by atoms with Crippen molar-refractivity contribution in [1.82, 2.24) is 4.98 Å². The molecule has 0 fully saturated rings. The summed E-state index contributed by atoms with van der Waals surface area (Å²) in [6.07, 6.45) is 6.42. The molecule has 0 bridgehead atoms. The maximum atomic E-state index is 3.37. The molecule has 3 aromatic carbocycles. The van der Waals surface area contributed by atoms with Crippen molar-refractivity contribution in [1.29, 1.82) is 0 Å². The van der Waals surface area contributed by atoms with Crippen LogP contribution < -0.4 is 0 Å². The molecule has 0 saturated heterocycles. The summed E-state index contributed by atoms with van der Waals surface area (Å²) in [4.78, 5) is 3.37. The number of aromatic amines is 1. The Hall–Kier alpha value is -2.80. The molecule has 0 spiro atoms. The van der Waals surface area contributed by atoms with Gasteiger partial charge in [0.05, 0.1) is 0 Å². The van der Waals surface area contributed by atoms with Crippen molar-refractivity contribution in [3.63, 3.8) is 0 Å². The van der Waals surface area contributed by atoms with Crippen molar-refractivity contribution < 1.29 is 0 Å². The Balaban J connectivity index is 1.89. The zero-order valence-electron chi connectivity index (χ0n) is 11.6. The van der Waals surface area contributed by atoms with Crippen molar-refractivity contribution in [3.8, 4) is 0 Å². The average molecular weight is 269 g/mol. The van der Waals surface area contributed by atoms with Gasteiger partial charge in [0, 0.05) is 22.7 Å². The van der Waals surface area contributed by atoms with Gasteiger partial charge in [-0.1, -0.05) is 72.8 Å². The van der Waals surface area contributed by atoms with E-state index in [1.54, 1.807) is 0 Å². The molecule has 0 saturated carbocycles. The fourth-order valence-electron chi connectivity index (χ4n) is 2.81. The van der Waals surface area contributed by atoms with Crippen LogP contribution >= 0.6 is 0 Å². The lowest BCUT2D eigenvalue weighted by atomic mass is 10.0. The van der Waals surface area contributed by atoms with Gasteiger partial charge >= 0.3 is 0 Å². The van der Waals surface area contributed by atoms with Gasteiger partial charge in [-0.3, -0.25) is 0 Å². The first kappa shape index (κ1) is 12.0. The molecule has 1 N–H and O–H groups in total. The summed E-state index contributed by atoms with van der Waals surface area (Å²) in [6, 6.07) is 23.2. The Morgan fingerprint density at radius 3 is 2.43 bits per heavy atom. The largest absolute Gasteiger partial charge is 0.361 e. The number of aromatic nitrogens is 1. The van der Waals surface area contributed by atoms with E-state index in [2.05, 4.69) is 84.0 Å². The van der Waals surface area contributed by atoms with Crippen molar-refractivity contribution in [2.45, 2.75) is 0 Å². The van der Waals surface area contributed by atoms with Crippen LogP contribution in [0.15, 0.2) is 72.9 Å². The summed E-state index contributed by atoms with van der Waals surface area (Å²) in [7, 11) is 0. The number of nitrogens with one attached hydrogen (secondary N) is 1. The Morgan fingerprint density at radius 2 is 1.52 bits per heavy atom. The first-order valence-corrected chi connectivity index (χ1v) is 7.14. The highest BCUT2D eigenvalue weighted by Gasteiger charge is 2.05. The summed E-state index contributed by atoms with van der Waals surface area (Å²) in [5.41, 5.74) is 3.62. The molecule has 0 amide bonds. The number of hydrogen-bond donors (Lipinski definition) is 1. The second-order valence-corrected chi connectivity index (χ2v) is 5.20. The quantitative estimate of drug-likeness (QED) is 0.495. The van der Waals surface area contributed by atoms with E-state index >= 15 is 0 Å². The van der Waals surface area contributed by atoms with Crippen LogP contribution in [0.2, 0.25) is 0 Å². The minimum absolute atomic E-state index is 1.18. The SMILES string of the molecule is C(=Cc1c[nH]c2ccc3ccccc3c12)c1ccccc1. The molecule has 0 aliphatic rings. The first-order valence-electron chi connectivity index (χ1n) is 7.14. The normalized spacial score (nSPS) is 11.6. The Kier molecular flexibility index (Phi) is 2.82. The van der Waals surface area contributed by atoms with Crippen LogP contribution in [-0.2, 0) is 0 Å². The van der Waals surface area contributed by atoms with Gasteiger partial charge in [-0.05, 0) is 22.4 Å². The molecule has 1 heterocycles. The van der Waals surface area contributed by atoms with Crippen molar-refractivity contribution in [3.05, 3.63) is 84.1 Å². The number of benzene rings is 3. The molecule has 4 aromatic rings. The van der Waals surface area contributed by atoms with E-state index < -0.39 is 0 Å².